The van der Waals surface area contributed by atoms with Crippen LogP contribution < -0.4 is 18.9 Å². The van der Waals surface area contributed by atoms with E-state index in [4.69, 9.17) is 23.4 Å². The Hall–Kier alpha value is -6.76. The Morgan fingerprint density at radius 2 is 0.600 bits per heavy atom. The summed E-state index contributed by atoms with van der Waals surface area (Å²) in [4.78, 5) is 0. The molecule has 13 heteroatoms. The van der Waals surface area contributed by atoms with E-state index < -0.39 is 80.8 Å². The monoisotopic (exact) mass is 754 g/mol. The Morgan fingerprint density at radius 1 is 0.345 bits per heavy atom. The lowest BCUT2D eigenvalue weighted by Gasteiger charge is -2.16. The number of ether oxygens (including phenoxy) is 4. The first kappa shape index (κ1) is 36.6. The molecule has 0 radical (unpaired) electrons. The van der Waals surface area contributed by atoms with Gasteiger partial charge in [-0.15, -0.1) is 10.2 Å². The zero-order chi connectivity index (χ0) is 39.0. The summed E-state index contributed by atoms with van der Waals surface area (Å²) in [6.45, 7) is 7.13. The zero-order valence-corrected chi connectivity index (χ0v) is 29.4. The van der Waals surface area contributed by atoms with E-state index >= 15 is 26.3 Å². The average Bonchev–Trinajstić information content (AvgIpc) is 3.65. The molecular formula is C42H28F6N2O5. The highest BCUT2D eigenvalue weighted by molar-refractivity contribution is 5.72. The largest absolute Gasteiger partial charge is 0.453 e. The van der Waals surface area contributed by atoms with Crippen LogP contribution in [0.25, 0.3) is 22.9 Å². The molecule has 0 unspecified atom stereocenters. The van der Waals surface area contributed by atoms with E-state index in [2.05, 4.69) is 10.2 Å². The summed E-state index contributed by atoms with van der Waals surface area (Å²) in [5, 5.41) is 7.39. The summed E-state index contributed by atoms with van der Waals surface area (Å²) < 4.78 is 124. The Bertz CT molecular complexity index is 2350. The SMILES string of the molecule is Cc1ccc(Oc2c(F)c(F)c(-c3nnc(-c4c(F)c(F)c(Oc5ccc(C)cc5)c(F)c4Oc4ccc(C)cc4)o3)c(Oc3ccc(C)cc3)c2F)cc1. The van der Waals surface area contributed by atoms with Gasteiger partial charge >= 0.3 is 0 Å². The normalized spacial score (nSPS) is 11.1. The summed E-state index contributed by atoms with van der Waals surface area (Å²) in [6.07, 6.45) is 0. The van der Waals surface area contributed by atoms with Crippen LogP contribution in [0.3, 0.4) is 0 Å². The standard InChI is InChI=1S/C42H28F6N2O5/c1-21-5-13-25(14-6-21)51-37-29(31(43)33(45)39(35(37)47)53-27-17-9-23(3)10-18-27)41-49-50-42(55-41)30-32(44)34(46)40(54-28-19-11-24(4)12-20-28)36(48)38(30)52-26-15-7-22(2)8-16-26/h5-20H,1-4H3. The van der Waals surface area contributed by atoms with E-state index in [1.165, 1.54) is 48.5 Å². The second-order valence-corrected chi connectivity index (χ2v) is 12.5. The van der Waals surface area contributed by atoms with E-state index in [0.717, 1.165) is 22.3 Å². The van der Waals surface area contributed by atoms with Crippen LogP contribution in [-0.4, -0.2) is 10.2 Å². The number of hydrogen-bond donors (Lipinski definition) is 0. The third kappa shape index (κ3) is 7.41. The molecule has 1 heterocycles. The molecule has 0 aliphatic carbocycles. The average molecular weight is 755 g/mol. The fourth-order valence-electron chi connectivity index (χ4n) is 5.31. The van der Waals surface area contributed by atoms with Crippen molar-refractivity contribution < 1.29 is 49.7 Å². The lowest BCUT2D eigenvalue weighted by Crippen LogP contribution is -2.04. The number of rotatable bonds is 10. The van der Waals surface area contributed by atoms with Crippen molar-refractivity contribution in [1.29, 1.82) is 0 Å². The van der Waals surface area contributed by atoms with Crippen molar-refractivity contribution in [2.45, 2.75) is 27.7 Å². The predicted octanol–water partition coefficient (Wildman–Crippen LogP) is 12.6. The highest BCUT2D eigenvalue weighted by Crippen LogP contribution is 2.48. The van der Waals surface area contributed by atoms with Gasteiger partial charge in [0.05, 0.1) is 0 Å². The summed E-state index contributed by atoms with van der Waals surface area (Å²) in [5.74, 6) is -16.3. The Labute approximate surface area is 310 Å². The van der Waals surface area contributed by atoms with E-state index in [0.29, 0.717) is 0 Å². The first-order valence-electron chi connectivity index (χ1n) is 16.6. The maximum atomic E-state index is 16.3. The Kier molecular flexibility index (Phi) is 9.94. The predicted molar refractivity (Wildman–Crippen MR) is 190 cm³/mol. The summed E-state index contributed by atoms with van der Waals surface area (Å²) in [6, 6.07) is 24.4. The molecule has 0 spiro atoms. The van der Waals surface area contributed by atoms with E-state index in [1.807, 2.05) is 0 Å². The molecule has 7 aromatic rings. The minimum absolute atomic E-state index is 0.00841. The minimum atomic E-state index is -1.80. The quantitative estimate of drug-likeness (QED) is 0.102. The van der Waals surface area contributed by atoms with Gasteiger partial charge in [-0.3, -0.25) is 0 Å². The molecule has 0 aliphatic rings. The van der Waals surface area contributed by atoms with Gasteiger partial charge in [0.25, 0.3) is 11.8 Å². The minimum Gasteiger partial charge on any atom is -0.453 e. The van der Waals surface area contributed by atoms with Crippen molar-refractivity contribution in [3.05, 3.63) is 154 Å². The van der Waals surface area contributed by atoms with Gasteiger partial charge in [-0.05, 0) is 76.2 Å². The molecule has 55 heavy (non-hydrogen) atoms. The van der Waals surface area contributed by atoms with Gasteiger partial charge in [-0.1, -0.05) is 70.8 Å². The van der Waals surface area contributed by atoms with Crippen molar-refractivity contribution in [3.63, 3.8) is 0 Å². The van der Waals surface area contributed by atoms with Gasteiger partial charge in [-0.25, -0.2) is 8.78 Å². The molecule has 0 saturated carbocycles. The fourth-order valence-corrected chi connectivity index (χ4v) is 5.31. The number of halogens is 6. The topological polar surface area (TPSA) is 75.8 Å². The molecule has 0 saturated heterocycles. The second-order valence-electron chi connectivity index (χ2n) is 12.5. The molecule has 7 rings (SSSR count). The molecule has 0 bridgehead atoms. The molecule has 0 fully saturated rings. The number of benzene rings is 6. The third-order valence-electron chi connectivity index (χ3n) is 8.29. The third-order valence-corrected chi connectivity index (χ3v) is 8.29. The van der Waals surface area contributed by atoms with Gasteiger partial charge in [-0.2, -0.15) is 17.6 Å². The highest BCUT2D eigenvalue weighted by atomic mass is 19.2. The Balaban J connectivity index is 1.38. The lowest BCUT2D eigenvalue weighted by molar-refractivity contribution is 0.360. The highest BCUT2D eigenvalue weighted by Gasteiger charge is 2.36. The van der Waals surface area contributed by atoms with Crippen molar-refractivity contribution >= 4 is 0 Å². The number of nitrogens with zero attached hydrogens (tertiary/aromatic N) is 2. The molecule has 6 aromatic carbocycles. The van der Waals surface area contributed by atoms with Crippen LogP contribution in [0, 0.1) is 62.6 Å². The first-order chi connectivity index (χ1) is 26.4. The van der Waals surface area contributed by atoms with Gasteiger partial charge in [0.2, 0.25) is 34.8 Å². The van der Waals surface area contributed by atoms with Crippen LogP contribution in [0.4, 0.5) is 26.3 Å². The number of aromatic nitrogens is 2. The van der Waals surface area contributed by atoms with Crippen LogP contribution in [0.2, 0.25) is 0 Å². The van der Waals surface area contributed by atoms with Crippen molar-refractivity contribution in [2.24, 2.45) is 0 Å². The molecule has 0 aliphatic heterocycles. The second kappa shape index (κ2) is 14.9. The molecule has 0 amide bonds. The lowest BCUT2D eigenvalue weighted by atomic mass is 10.1. The Morgan fingerprint density at radius 3 is 0.873 bits per heavy atom. The van der Waals surface area contributed by atoms with Crippen molar-refractivity contribution in [1.82, 2.24) is 10.2 Å². The molecular weight excluding hydrogens is 726 g/mol. The van der Waals surface area contributed by atoms with Crippen molar-refractivity contribution in [2.75, 3.05) is 0 Å². The van der Waals surface area contributed by atoms with Crippen molar-refractivity contribution in [3.8, 4) is 68.9 Å². The van der Waals surface area contributed by atoms with Gasteiger partial charge in [0.15, 0.2) is 23.1 Å². The van der Waals surface area contributed by atoms with Crippen LogP contribution >= 0.6 is 0 Å². The van der Waals surface area contributed by atoms with E-state index in [1.54, 1.807) is 76.2 Å². The maximum Gasteiger partial charge on any atom is 0.255 e. The van der Waals surface area contributed by atoms with Crippen LogP contribution in [0.15, 0.2) is 101 Å². The smallest absolute Gasteiger partial charge is 0.255 e. The molecule has 0 N–H and O–H groups in total. The first-order valence-corrected chi connectivity index (χ1v) is 16.6. The number of hydrogen-bond acceptors (Lipinski definition) is 7. The van der Waals surface area contributed by atoms with Gasteiger partial charge in [0.1, 0.15) is 34.1 Å². The van der Waals surface area contributed by atoms with E-state index in [9.17, 15) is 0 Å². The zero-order valence-electron chi connectivity index (χ0n) is 29.4. The molecule has 1 aromatic heterocycles. The van der Waals surface area contributed by atoms with Gasteiger partial charge < -0.3 is 23.4 Å². The molecule has 0 atom stereocenters. The van der Waals surface area contributed by atoms with E-state index in [-0.39, 0.29) is 23.0 Å². The van der Waals surface area contributed by atoms with Crippen LogP contribution in [0.1, 0.15) is 22.3 Å². The summed E-state index contributed by atoms with van der Waals surface area (Å²) in [7, 11) is 0. The maximum absolute atomic E-state index is 16.3. The summed E-state index contributed by atoms with van der Waals surface area (Å²) >= 11 is 0. The van der Waals surface area contributed by atoms with Gasteiger partial charge in [0, 0.05) is 0 Å². The number of aryl methyl sites for hydroxylation is 4. The molecule has 278 valence electrons. The van der Waals surface area contributed by atoms with Crippen LogP contribution in [-0.2, 0) is 0 Å². The summed E-state index contributed by atoms with van der Waals surface area (Å²) in [5.41, 5.74) is 1.19. The fraction of sp³-hybridized carbons (Fsp3) is 0.0952. The van der Waals surface area contributed by atoms with Crippen LogP contribution in [0.5, 0.6) is 46.0 Å². The molecule has 7 nitrogen and oxygen atoms in total.